The van der Waals surface area contributed by atoms with Crippen LogP contribution in [0.4, 0.5) is 11.4 Å². The van der Waals surface area contributed by atoms with Crippen molar-refractivity contribution in [2.24, 2.45) is 0 Å². The fraction of sp³-hybridized carbons (Fsp3) is 0.263. The Morgan fingerprint density at radius 2 is 1.91 bits per heavy atom. The number of hydrogen-bond donors (Lipinski definition) is 0. The van der Waals surface area contributed by atoms with E-state index in [9.17, 15) is 0 Å². The summed E-state index contributed by atoms with van der Waals surface area (Å²) in [7, 11) is 4.12. The highest BCUT2D eigenvalue weighted by molar-refractivity contribution is 8.00. The van der Waals surface area contributed by atoms with Crippen LogP contribution in [-0.2, 0) is 4.74 Å². The average Bonchev–Trinajstić information content (AvgIpc) is 2.95. The van der Waals surface area contributed by atoms with Crippen LogP contribution in [0.2, 0.25) is 0 Å². The Bertz CT molecular complexity index is 739. The number of morpholine rings is 1. The summed E-state index contributed by atoms with van der Waals surface area (Å²) in [6.45, 7) is 1.69. The van der Waals surface area contributed by atoms with Gasteiger partial charge >= 0.3 is 0 Å². The van der Waals surface area contributed by atoms with Gasteiger partial charge in [-0.05, 0) is 35.9 Å². The number of rotatable bonds is 2. The quantitative estimate of drug-likeness (QED) is 0.827. The van der Waals surface area contributed by atoms with Crippen molar-refractivity contribution in [2.45, 2.75) is 10.3 Å². The normalized spacial score (nSPS) is 20.9. The van der Waals surface area contributed by atoms with Crippen molar-refractivity contribution >= 4 is 29.2 Å². The third kappa shape index (κ3) is 2.68. The van der Waals surface area contributed by atoms with E-state index >= 15 is 0 Å². The molecule has 0 radical (unpaired) electrons. The van der Waals surface area contributed by atoms with Crippen LogP contribution >= 0.6 is 11.8 Å². The second-order valence-electron chi connectivity index (χ2n) is 6.01. The molecule has 3 nitrogen and oxygen atoms in total. The molecule has 0 N–H and O–H groups in total. The Balaban J connectivity index is 1.62. The second-order valence-corrected chi connectivity index (χ2v) is 7.13. The number of para-hydroxylation sites is 1. The van der Waals surface area contributed by atoms with Crippen LogP contribution in [-0.4, -0.2) is 32.6 Å². The minimum atomic E-state index is 0.259. The lowest BCUT2D eigenvalue weighted by atomic mass is 10.1. The van der Waals surface area contributed by atoms with Crippen molar-refractivity contribution in [3.8, 4) is 0 Å². The highest BCUT2D eigenvalue weighted by Gasteiger charge is 2.36. The van der Waals surface area contributed by atoms with Gasteiger partial charge in [0.1, 0.15) is 17.7 Å². The third-order valence-electron chi connectivity index (χ3n) is 4.26. The highest BCUT2D eigenvalue weighted by Crippen LogP contribution is 2.47. The summed E-state index contributed by atoms with van der Waals surface area (Å²) in [6.07, 6.45) is 2.18. The van der Waals surface area contributed by atoms with Crippen LogP contribution in [0.15, 0.2) is 59.2 Å². The van der Waals surface area contributed by atoms with Crippen molar-refractivity contribution in [1.29, 1.82) is 0 Å². The molecule has 0 bridgehead atoms. The lowest BCUT2D eigenvalue weighted by Gasteiger charge is -2.33. The number of anilines is 2. The van der Waals surface area contributed by atoms with Crippen LogP contribution in [0, 0.1) is 0 Å². The molecule has 0 amide bonds. The van der Waals surface area contributed by atoms with Crippen LogP contribution < -0.4 is 9.80 Å². The monoisotopic (exact) mass is 324 g/mol. The summed E-state index contributed by atoms with van der Waals surface area (Å²) in [6, 6.07) is 17.2. The maximum absolute atomic E-state index is 5.99. The molecular formula is C19H20N2OS. The molecule has 0 aliphatic carbocycles. The van der Waals surface area contributed by atoms with Gasteiger partial charge in [-0.1, -0.05) is 36.0 Å². The van der Waals surface area contributed by atoms with E-state index in [1.807, 2.05) is 11.8 Å². The van der Waals surface area contributed by atoms with Gasteiger partial charge in [0.15, 0.2) is 0 Å². The summed E-state index contributed by atoms with van der Waals surface area (Å²) < 4.78 is 5.99. The molecule has 0 spiro atoms. The van der Waals surface area contributed by atoms with Gasteiger partial charge in [-0.2, -0.15) is 0 Å². The van der Waals surface area contributed by atoms with Gasteiger partial charge < -0.3 is 14.5 Å². The Hall–Kier alpha value is -2.07. The van der Waals surface area contributed by atoms with Gasteiger partial charge in [-0.3, -0.25) is 0 Å². The van der Waals surface area contributed by atoms with E-state index in [2.05, 4.69) is 78.5 Å². The smallest absolute Gasteiger partial charge is 0.138 e. The van der Waals surface area contributed by atoms with Crippen LogP contribution in [0.5, 0.6) is 0 Å². The van der Waals surface area contributed by atoms with E-state index in [0.717, 1.165) is 18.9 Å². The van der Waals surface area contributed by atoms with Crippen LogP contribution in [0.1, 0.15) is 5.56 Å². The molecule has 2 aliphatic rings. The lowest BCUT2D eigenvalue weighted by Crippen LogP contribution is -2.39. The zero-order valence-corrected chi connectivity index (χ0v) is 14.2. The summed E-state index contributed by atoms with van der Waals surface area (Å²) in [5.41, 5.74) is 3.73. The minimum Gasteiger partial charge on any atom is -0.493 e. The van der Waals surface area contributed by atoms with Crippen molar-refractivity contribution in [2.75, 3.05) is 37.0 Å². The molecule has 4 heteroatoms. The number of ether oxygens (including phenoxy) is 1. The Morgan fingerprint density at radius 1 is 1.13 bits per heavy atom. The number of hydrogen-bond acceptors (Lipinski definition) is 4. The first-order valence-electron chi connectivity index (χ1n) is 7.86. The molecular weight excluding hydrogens is 304 g/mol. The first-order valence-corrected chi connectivity index (χ1v) is 8.74. The van der Waals surface area contributed by atoms with Crippen LogP contribution in [0.25, 0.3) is 6.08 Å². The van der Waals surface area contributed by atoms with Gasteiger partial charge in [0.2, 0.25) is 0 Å². The summed E-state index contributed by atoms with van der Waals surface area (Å²) >= 11 is 1.88. The average molecular weight is 324 g/mol. The first kappa shape index (κ1) is 14.5. The Morgan fingerprint density at radius 3 is 2.70 bits per heavy atom. The number of fused-ring (bicyclic) bond motifs is 3. The van der Waals surface area contributed by atoms with Gasteiger partial charge in [0, 0.05) is 24.7 Å². The van der Waals surface area contributed by atoms with E-state index in [1.54, 1.807) is 0 Å². The molecule has 2 aromatic rings. The molecule has 1 unspecified atom stereocenters. The maximum atomic E-state index is 5.99. The van der Waals surface area contributed by atoms with Crippen molar-refractivity contribution < 1.29 is 4.74 Å². The summed E-state index contributed by atoms with van der Waals surface area (Å²) in [5, 5.41) is 0.259. The zero-order chi connectivity index (χ0) is 15.8. The molecule has 1 fully saturated rings. The molecule has 0 aromatic heterocycles. The van der Waals surface area contributed by atoms with E-state index < -0.39 is 0 Å². The molecule has 0 saturated carbocycles. The molecule has 2 heterocycles. The van der Waals surface area contributed by atoms with Gasteiger partial charge in [0.25, 0.3) is 0 Å². The van der Waals surface area contributed by atoms with Crippen LogP contribution in [0.3, 0.4) is 0 Å². The van der Waals surface area contributed by atoms with Gasteiger partial charge in [-0.15, -0.1) is 0 Å². The Kier molecular flexibility index (Phi) is 3.69. The standard InChI is InChI=1S/C19H20N2OS/c1-20(2)15-9-7-14(8-10-15)13-17-19-21(11-12-22-17)16-5-3-4-6-18(16)23-19/h3-10,13,19H,11-12H2,1-2H3. The molecule has 118 valence electrons. The molecule has 1 saturated heterocycles. The molecule has 2 aromatic carbocycles. The van der Waals surface area contributed by atoms with Crippen molar-refractivity contribution in [3.63, 3.8) is 0 Å². The van der Waals surface area contributed by atoms with E-state index in [1.165, 1.54) is 21.8 Å². The largest absolute Gasteiger partial charge is 0.493 e. The SMILES string of the molecule is CN(C)c1ccc(C=C2OCCN3c4ccccc4SC23)cc1. The molecule has 23 heavy (non-hydrogen) atoms. The molecule has 2 aliphatic heterocycles. The Labute approximate surface area is 141 Å². The van der Waals surface area contributed by atoms with E-state index in [-0.39, 0.29) is 5.37 Å². The molecule has 1 atom stereocenters. The fourth-order valence-corrected chi connectivity index (χ4v) is 4.33. The second kappa shape index (κ2) is 5.85. The summed E-state index contributed by atoms with van der Waals surface area (Å²) in [5.74, 6) is 1.05. The lowest BCUT2D eigenvalue weighted by molar-refractivity contribution is 0.189. The van der Waals surface area contributed by atoms with Gasteiger partial charge in [0.05, 0.1) is 12.2 Å². The highest BCUT2D eigenvalue weighted by atomic mass is 32.2. The van der Waals surface area contributed by atoms with E-state index in [0.29, 0.717) is 0 Å². The minimum absolute atomic E-state index is 0.259. The predicted octanol–water partition coefficient (Wildman–Crippen LogP) is 4.06. The van der Waals surface area contributed by atoms with Crippen molar-refractivity contribution in [3.05, 3.63) is 59.9 Å². The zero-order valence-electron chi connectivity index (χ0n) is 13.4. The van der Waals surface area contributed by atoms with Crippen molar-refractivity contribution in [1.82, 2.24) is 0 Å². The van der Waals surface area contributed by atoms with E-state index in [4.69, 9.17) is 4.74 Å². The first-order chi connectivity index (χ1) is 11.2. The maximum Gasteiger partial charge on any atom is 0.138 e. The fourth-order valence-electron chi connectivity index (χ4n) is 3.03. The van der Waals surface area contributed by atoms with Gasteiger partial charge in [-0.25, -0.2) is 0 Å². The topological polar surface area (TPSA) is 15.7 Å². The number of nitrogens with zero attached hydrogens (tertiary/aromatic N) is 2. The third-order valence-corrected chi connectivity index (χ3v) is 5.57. The summed E-state index contributed by atoms with van der Waals surface area (Å²) in [4.78, 5) is 5.90. The predicted molar refractivity (Wildman–Crippen MR) is 98.1 cm³/mol. The molecule has 4 rings (SSSR count). The number of thioether (sulfide) groups is 1. The number of benzene rings is 2.